The summed E-state index contributed by atoms with van der Waals surface area (Å²) >= 11 is 6.70. The lowest BCUT2D eigenvalue weighted by Crippen LogP contribution is -2.49. The summed E-state index contributed by atoms with van der Waals surface area (Å²) in [5.41, 5.74) is 2.97. The van der Waals surface area contributed by atoms with Gasteiger partial charge in [0.25, 0.3) is 0 Å². The number of hydrogen-bond donors (Lipinski definition) is 1. The van der Waals surface area contributed by atoms with Gasteiger partial charge in [-0.2, -0.15) is 0 Å². The van der Waals surface area contributed by atoms with Crippen molar-refractivity contribution in [1.29, 1.82) is 0 Å². The van der Waals surface area contributed by atoms with Crippen LogP contribution in [-0.4, -0.2) is 92.3 Å². The molecule has 4 aliphatic rings. The number of halogens is 3. The molecule has 12 nitrogen and oxygen atoms in total. The number of piperidine rings is 2. The first-order valence-corrected chi connectivity index (χ1v) is 26.2. The molecule has 0 unspecified atom stereocenters. The summed E-state index contributed by atoms with van der Waals surface area (Å²) in [6, 6.07) is 16.1. The Morgan fingerprint density at radius 1 is 0.634 bits per heavy atom. The second-order valence-electron chi connectivity index (χ2n) is 19.1. The van der Waals surface area contributed by atoms with Gasteiger partial charge in [0, 0.05) is 70.3 Å². The average molecular weight is 1070 g/mol. The maximum absolute atomic E-state index is 16.0. The highest BCUT2D eigenvalue weighted by Gasteiger charge is 2.42. The van der Waals surface area contributed by atoms with E-state index in [0.29, 0.717) is 87.0 Å². The molecule has 2 aromatic carbocycles. The van der Waals surface area contributed by atoms with E-state index in [0.717, 1.165) is 53.8 Å². The minimum Gasteiger partial charge on any atom is -0.355 e. The SMILES string of the molecule is C.C.CC(C)c1ccccc1-c1ncc2c(n1)N(CC1(F)CCNCC1)C(=O)C2.Cc1nc(Br)c(C)s1.Cc1nc(N2CCC(F)(CN3C(=O)Cc4cnc(-c5ccccc5C(C)C)nc43)CC2)c(C)s1. The largest absolute Gasteiger partial charge is 0.355 e. The number of nitrogens with zero attached hydrogens (tertiary/aromatic N) is 9. The van der Waals surface area contributed by atoms with Crippen molar-refractivity contribution in [2.24, 2.45) is 0 Å². The van der Waals surface area contributed by atoms with Gasteiger partial charge in [0.05, 0.1) is 35.9 Å². The zero-order valence-corrected chi connectivity index (χ0v) is 43.9. The lowest BCUT2D eigenvalue weighted by molar-refractivity contribution is -0.118. The third-order valence-corrected chi connectivity index (χ3v) is 16.0. The number of thiazole rings is 2. The Kier molecular flexibility index (Phi) is 18.0. The molecule has 0 bridgehead atoms. The van der Waals surface area contributed by atoms with Gasteiger partial charge in [0.1, 0.15) is 33.4 Å². The molecule has 0 spiro atoms. The zero-order valence-electron chi connectivity index (χ0n) is 40.7. The number of anilines is 3. The minimum atomic E-state index is -1.45. The van der Waals surface area contributed by atoms with Gasteiger partial charge < -0.3 is 10.2 Å². The number of nitrogens with one attached hydrogen (secondary N) is 1. The number of fused-ring (bicyclic) bond motifs is 2. The van der Waals surface area contributed by atoms with Gasteiger partial charge in [0.2, 0.25) is 11.8 Å². The van der Waals surface area contributed by atoms with Crippen LogP contribution in [0.1, 0.15) is 122 Å². The van der Waals surface area contributed by atoms with Crippen LogP contribution in [0.2, 0.25) is 0 Å². The van der Waals surface area contributed by atoms with Crippen molar-refractivity contribution in [1.82, 2.24) is 35.2 Å². The normalized spacial score (nSPS) is 16.7. The van der Waals surface area contributed by atoms with Crippen molar-refractivity contribution >= 4 is 67.9 Å². The third-order valence-electron chi connectivity index (χ3n) is 13.2. The van der Waals surface area contributed by atoms with Crippen LogP contribution >= 0.6 is 38.6 Å². The Morgan fingerprint density at radius 3 is 1.46 bits per heavy atom. The van der Waals surface area contributed by atoms with E-state index in [1.165, 1.54) is 14.7 Å². The Morgan fingerprint density at radius 2 is 1.07 bits per heavy atom. The lowest BCUT2D eigenvalue weighted by Gasteiger charge is -2.38. The van der Waals surface area contributed by atoms with Gasteiger partial charge in [0.15, 0.2) is 11.6 Å². The second kappa shape index (κ2) is 23.2. The van der Waals surface area contributed by atoms with E-state index in [9.17, 15) is 9.59 Å². The van der Waals surface area contributed by atoms with Gasteiger partial charge in [-0.05, 0) is 92.5 Å². The zero-order chi connectivity index (χ0) is 49.2. The van der Waals surface area contributed by atoms with Gasteiger partial charge in [-0.15, -0.1) is 22.7 Å². The van der Waals surface area contributed by atoms with Crippen molar-refractivity contribution < 1.29 is 18.4 Å². The van der Waals surface area contributed by atoms with E-state index >= 15 is 8.78 Å². The molecule has 71 heavy (non-hydrogen) atoms. The number of benzene rings is 2. The Bertz CT molecular complexity index is 2800. The van der Waals surface area contributed by atoms with Crippen molar-refractivity contribution in [2.45, 2.75) is 132 Å². The molecule has 4 aromatic heterocycles. The molecule has 0 aliphatic carbocycles. The fraction of sp³-hybridized carbons (Fsp3) is 0.481. The number of alkyl halides is 2. The van der Waals surface area contributed by atoms with Crippen LogP contribution in [0.4, 0.5) is 26.2 Å². The van der Waals surface area contributed by atoms with Crippen molar-refractivity contribution in [3.05, 3.63) is 108 Å². The summed E-state index contributed by atoms with van der Waals surface area (Å²) < 4.78 is 32.2. The van der Waals surface area contributed by atoms with E-state index in [4.69, 9.17) is 9.97 Å². The highest BCUT2D eigenvalue weighted by molar-refractivity contribution is 9.10. The van der Waals surface area contributed by atoms with Gasteiger partial charge >= 0.3 is 0 Å². The molecular weight excluding hydrogens is 1000 g/mol. The average Bonchev–Trinajstić information content (AvgIpc) is 4.03. The first-order chi connectivity index (χ1) is 32.9. The molecule has 0 saturated carbocycles. The van der Waals surface area contributed by atoms with E-state index < -0.39 is 11.3 Å². The number of carbonyl (C=O) groups excluding carboxylic acids is 2. The summed E-state index contributed by atoms with van der Waals surface area (Å²) in [5.74, 6) is 3.71. The summed E-state index contributed by atoms with van der Waals surface area (Å²) in [6.07, 6.45) is 5.47. The number of aromatic nitrogens is 6. The standard InChI is InChI=1S/C26H30FN5OS.C21H25FN4O.C5H6BrNS.2CH4/c1-16(2)20-7-5-6-8-21(20)23-28-14-19-13-22(33)32(25(19)30-23)15-26(27)9-11-31(12-10-26)24-17(3)34-18(4)29-24;1-14(2)16-5-3-4-6-17(16)19-24-12-15-11-18(27)26(20(15)25-19)13-21(22)7-9-23-10-8-21;1-3-5(6)7-4(2)8-3;;/h5-8,14,16H,9-13,15H2,1-4H3;3-6,12,14,23H,7-11,13H2,1-2H3;1-2H3;2*1H4. The van der Waals surface area contributed by atoms with E-state index in [-0.39, 0.29) is 52.6 Å². The van der Waals surface area contributed by atoms with Crippen LogP contribution in [-0.2, 0) is 22.4 Å². The Hall–Kier alpha value is -5.10. The Labute approximate surface area is 435 Å². The van der Waals surface area contributed by atoms with Crippen LogP contribution in [0.3, 0.4) is 0 Å². The molecule has 1 N–H and O–H groups in total. The molecule has 0 radical (unpaired) electrons. The number of carbonyl (C=O) groups is 2. The predicted molar refractivity (Wildman–Crippen MR) is 291 cm³/mol. The van der Waals surface area contributed by atoms with Crippen molar-refractivity contribution in [2.75, 3.05) is 54.0 Å². The maximum Gasteiger partial charge on any atom is 0.232 e. The molecule has 8 heterocycles. The van der Waals surface area contributed by atoms with Crippen molar-refractivity contribution in [3.8, 4) is 22.8 Å². The smallest absolute Gasteiger partial charge is 0.232 e. The molecule has 2 fully saturated rings. The minimum absolute atomic E-state index is 0. The van der Waals surface area contributed by atoms with E-state index in [2.05, 4.69) is 99.8 Å². The van der Waals surface area contributed by atoms with Crippen LogP contribution in [0.15, 0.2) is 65.5 Å². The fourth-order valence-electron chi connectivity index (χ4n) is 9.45. The maximum atomic E-state index is 16.0. The van der Waals surface area contributed by atoms with Crippen LogP contribution in [0.25, 0.3) is 22.8 Å². The topological polar surface area (TPSA) is 133 Å². The van der Waals surface area contributed by atoms with Gasteiger partial charge in [-0.3, -0.25) is 19.4 Å². The third kappa shape index (κ3) is 12.6. The van der Waals surface area contributed by atoms with Crippen LogP contribution in [0.5, 0.6) is 0 Å². The van der Waals surface area contributed by atoms with E-state index in [1.54, 1.807) is 40.0 Å². The Balaban J connectivity index is 0.000000199. The first-order valence-electron chi connectivity index (χ1n) is 23.8. The molecule has 10 rings (SSSR count). The number of amides is 2. The molecule has 4 aliphatic heterocycles. The van der Waals surface area contributed by atoms with E-state index in [1.807, 2.05) is 50.2 Å². The quantitative estimate of drug-likeness (QED) is 0.149. The predicted octanol–water partition coefficient (Wildman–Crippen LogP) is 12.3. The number of aryl methyl sites for hydroxylation is 4. The highest BCUT2D eigenvalue weighted by atomic mass is 79.9. The summed E-state index contributed by atoms with van der Waals surface area (Å²) in [5, 5.41) is 5.32. The molecule has 2 saturated heterocycles. The molecule has 6 aromatic rings. The number of hydrogen-bond acceptors (Lipinski definition) is 12. The van der Waals surface area contributed by atoms with Gasteiger partial charge in [-0.1, -0.05) is 91.1 Å². The first kappa shape index (κ1) is 55.2. The monoisotopic (exact) mass is 1070 g/mol. The molecule has 380 valence electrons. The van der Waals surface area contributed by atoms with Crippen LogP contribution < -0.4 is 20.0 Å². The second-order valence-corrected chi connectivity index (χ2v) is 22.7. The molecule has 0 atom stereocenters. The molecule has 2 amide bonds. The fourth-order valence-corrected chi connectivity index (χ4v) is 11.6. The van der Waals surface area contributed by atoms with Crippen LogP contribution in [0, 0.1) is 27.7 Å². The summed E-state index contributed by atoms with van der Waals surface area (Å²) in [4.78, 5) is 60.4. The summed E-state index contributed by atoms with van der Waals surface area (Å²) in [7, 11) is 0. The highest BCUT2D eigenvalue weighted by Crippen LogP contribution is 2.39. The lowest BCUT2D eigenvalue weighted by atomic mass is 9.92. The number of rotatable bonds is 9. The van der Waals surface area contributed by atoms with Crippen molar-refractivity contribution in [3.63, 3.8) is 0 Å². The summed E-state index contributed by atoms with van der Waals surface area (Å²) in [6.45, 7) is 19.2. The molecular formula is C54H69BrF2N10O2S2. The van der Waals surface area contributed by atoms with Gasteiger partial charge in [-0.25, -0.2) is 38.7 Å². The molecule has 17 heteroatoms.